The van der Waals surface area contributed by atoms with E-state index in [2.05, 4.69) is 10.3 Å². The van der Waals surface area contributed by atoms with E-state index < -0.39 is 5.91 Å². The zero-order valence-corrected chi connectivity index (χ0v) is 17.3. The van der Waals surface area contributed by atoms with Gasteiger partial charge >= 0.3 is 0 Å². The van der Waals surface area contributed by atoms with Gasteiger partial charge in [0, 0.05) is 23.1 Å². The third-order valence-corrected chi connectivity index (χ3v) is 5.53. The average Bonchev–Trinajstić information content (AvgIpc) is 3.44. The Bertz CT molecular complexity index is 1510. The van der Waals surface area contributed by atoms with E-state index in [4.69, 9.17) is 16.0 Å². The topological polar surface area (TPSA) is 81.5 Å². The molecule has 0 fully saturated rings. The molecule has 5 aromatic rings. The predicted molar refractivity (Wildman–Crippen MR) is 119 cm³/mol. The van der Waals surface area contributed by atoms with Crippen LogP contribution < -0.4 is 10.9 Å². The van der Waals surface area contributed by atoms with Crippen LogP contribution >= 0.6 is 11.6 Å². The van der Waals surface area contributed by atoms with E-state index in [0.717, 1.165) is 11.1 Å². The Morgan fingerprint density at radius 3 is 2.81 bits per heavy atom. The zero-order valence-electron chi connectivity index (χ0n) is 16.5. The first-order valence-corrected chi connectivity index (χ1v) is 10.00. The number of carbonyl (C=O) groups is 1. The molecule has 1 N–H and O–H groups in total. The molecule has 0 atom stereocenters. The molecule has 1 aromatic carbocycles. The Morgan fingerprint density at radius 2 is 1.97 bits per heavy atom. The van der Waals surface area contributed by atoms with Crippen molar-refractivity contribution in [1.82, 2.24) is 14.0 Å². The van der Waals surface area contributed by atoms with Crippen molar-refractivity contribution in [2.24, 2.45) is 0 Å². The minimum absolute atomic E-state index is 0.140. The second-order valence-corrected chi connectivity index (χ2v) is 7.59. The normalized spacial score (nSPS) is 11.3. The summed E-state index contributed by atoms with van der Waals surface area (Å²) in [6, 6.07) is 15.8. The highest BCUT2D eigenvalue weighted by molar-refractivity contribution is 6.31. The second-order valence-electron chi connectivity index (χ2n) is 7.18. The molecular formula is C23H17ClN4O3. The average molecular weight is 433 g/mol. The lowest BCUT2D eigenvalue weighted by molar-refractivity contribution is 0.0995. The number of pyridine rings is 1. The number of hydrogen-bond acceptors (Lipinski definition) is 4. The second kappa shape index (κ2) is 7.45. The highest BCUT2D eigenvalue weighted by Gasteiger charge is 2.16. The molecule has 0 saturated carbocycles. The van der Waals surface area contributed by atoms with Gasteiger partial charge in [-0.2, -0.15) is 0 Å². The fourth-order valence-electron chi connectivity index (χ4n) is 3.53. The monoisotopic (exact) mass is 432 g/mol. The molecule has 7 nitrogen and oxygen atoms in total. The van der Waals surface area contributed by atoms with E-state index in [0.29, 0.717) is 27.6 Å². The molecule has 4 heterocycles. The summed E-state index contributed by atoms with van der Waals surface area (Å²) in [7, 11) is 0. The standard InChI is InChI=1S/C23H17ClN4O3/c1-14-6-7-15(12-17(14)24)26-22(29)20-9-8-16(31-20)13-28-21-18(4-2-10-25-21)27-11-3-5-19(27)23(28)30/h2-12H,13H2,1H3,(H,26,29). The maximum absolute atomic E-state index is 13.0. The number of furan rings is 1. The highest BCUT2D eigenvalue weighted by Crippen LogP contribution is 2.21. The van der Waals surface area contributed by atoms with Crippen LogP contribution in [0.3, 0.4) is 0 Å². The number of nitrogens with one attached hydrogen (secondary N) is 1. The number of anilines is 1. The van der Waals surface area contributed by atoms with Gasteiger partial charge in [-0.15, -0.1) is 0 Å². The predicted octanol–water partition coefficient (Wildman–Crippen LogP) is 4.50. The van der Waals surface area contributed by atoms with Crippen molar-refractivity contribution in [3.63, 3.8) is 0 Å². The molecular weight excluding hydrogens is 416 g/mol. The first kappa shape index (κ1) is 19.1. The largest absolute Gasteiger partial charge is 0.454 e. The van der Waals surface area contributed by atoms with Crippen LogP contribution in [0.5, 0.6) is 0 Å². The molecule has 0 unspecified atom stereocenters. The van der Waals surface area contributed by atoms with Crippen LogP contribution in [0.2, 0.25) is 5.02 Å². The van der Waals surface area contributed by atoms with Crippen LogP contribution in [-0.2, 0) is 6.54 Å². The van der Waals surface area contributed by atoms with Gasteiger partial charge < -0.3 is 14.1 Å². The van der Waals surface area contributed by atoms with E-state index in [1.165, 1.54) is 0 Å². The molecule has 0 radical (unpaired) electrons. The quantitative estimate of drug-likeness (QED) is 0.453. The van der Waals surface area contributed by atoms with Crippen LogP contribution in [0.15, 0.2) is 76.2 Å². The van der Waals surface area contributed by atoms with Gasteiger partial charge in [-0.1, -0.05) is 17.7 Å². The molecule has 0 aliphatic carbocycles. The SMILES string of the molecule is Cc1ccc(NC(=O)c2ccc(Cn3c(=O)c4cccn4c4cccnc43)o2)cc1Cl. The van der Waals surface area contributed by atoms with Crippen molar-refractivity contribution in [3.8, 4) is 0 Å². The number of aryl methyl sites for hydroxylation is 1. The molecule has 0 saturated heterocycles. The van der Waals surface area contributed by atoms with Gasteiger partial charge in [0.25, 0.3) is 11.5 Å². The maximum Gasteiger partial charge on any atom is 0.291 e. The molecule has 0 aliphatic rings. The number of benzene rings is 1. The molecule has 1 amide bonds. The number of halogens is 1. The van der Waals surface area contributed by atoms with Crippen LogP contribution in [0.1, 0.15) is 21.9 Å². The molecule has 4 aromatic heterocycles. The lowest BCUT2D eigenvalue weighted by Crippen LogP contribution is -2.23. The van der Waals surface area contributed by atoms with Crippen molar-refractivity contribution in [2.75, 3.05) is 5.32 Å². The van der Waals surface area contributed by atoms with Crippen LogP contribution in [-0.4, -0.2) is 19.9 Å². The molecule has 0 bridgehead atoms. The minimum Gasteiger partial charge on any atom is -0.454 e. The molecule has 0 aliphatic heterocycles. The van der Waals surface area contributed by atoms with E-state index in [-0.39, 0.29) is 17.9 Å². The molecule has 5 rings (SSSR count). The maximum atomic E-state index is 13.0. The van der Waals surface area contributed by atoms with Crippen LogP contribution in [0.25, 0.3) is 16.7 Å². The fourth-order valence-corrected chi connectivity index (χ4v) is 3.72. The minimum atomic E-state index is -0.399. The van der Waals surface area contributed by atoms with Crippen LogP contribution in [0, 0.1) is 6.92 Å². The number of aromatic nitrogens is 3. The van der Waals surface area contributed by atoms with Gasteiger partial charge in [0.15, 0.2) is 11.4 Å². The number of hydrogen-bond donors (Lipinski definition) is 1. The summed E-state index contributed by atoms with van der Waals surface area (Å²) in [6.07, 6.45) is 3.47. The number of nitrogens with zero attached hydrogens (tertiary/aromatic N) is 3. The lowest BCUT2D eigenvalue weighted by Gasteiger charge is -2.10. The molecule has 154 valence electrons. The van der Waals surface area contributed by atoms with Crippen molar-refractivity contribution in [1.29, 1.82) is 0 Å². The lowest BCUT2D eigenvalue weighted by atomic mass is 10.2. The third kappa shape index (κ3) is 3.39. The van der Waals surface area contributed by atoms with Crippen molar-refractivity contribution in [2.45, 2.75) is 13.5 Å². The van der Waals surface area contributed by atoms with Gasteiger partial charge in [-0.3, -0.25) is 14.2 Å². The summed E-state index contributed by atoms with van der Waals surface area (Å²) in [5.41, 5.74) is 3.19. The molecule has 0 spiro atoms. The number of rotatable bonds is 4. The van der Waals surface area contributed by atoms with Gasteiger partial charge in [0.2, 0.25) is 0 Å². The van der Waals surface area contributed by atoms with Crippen molar-refractivity contribution in [3.05, 3.63) is 99.5 Å². The smallest absolute Gasteiger partial charge is 0.291 e. The Kier molecular flexibility index (Phi) is 4.60. The van der Waals surface area contributed by atoms with E-state index >= 15 is 0 Å². The number of fused-ring (bicyclic) bond motifs is 3. The summed E-state index contributed by atoms with van der Waals surface area (Å²) in [5.74, 6) is 0.210. The third-order valence-electron chi connectivity index (χ3n) is 5.12. The summed E-state index contributed by atoms with van der Waals surface area (Å²) >= 11 is 6.12. The van der Waals surface area contributed by atoms with E-state index in [1.54, 1.807) is 41.1 Å². The molecule has 31 heavy (non-hydrogen) atoms. The van der Waals surface area contributed by atoms with Gasteiger partial charge in [0.05, 0.1) is 12.1 Å². The van der Waals surface area contributed by atoms with Crippen molar-refractivity contribution >= 4 is 39.9 Å². The van der Waals surface area contributed by atoms with Gasteiger partial charge in [-0.25, -0.2) is 4.98 Å². The van der Waals surface area contributed by atoms with Crippen molar-refractivity contribution < 1.29 is 9.21 Å². The summed E-state index contributed by atoms with van der Waals surface area (Å²) < 4.78 is 9.09. The van der Waals surface area contributed by atoms with Crippen LogP contribution in [0.4, 0.5) is 5.69 Å². The van der Waals surface area contributed by atoms with E-state index in [1.807, 2.05) is 41.8 Å². The first-order valence-electron chi connectivity index (χ1n) is 9.62. The zero-order chi connectivity index (χ0) is 21.5. The number of carbonyl (C=O) groups excluding carboxylic acids is 1. The summed E-state index contributed by atoms with van der Waals surface area (Å²) in [6.45, 7) is 2.04. The summed E-state index contributed by atoms with van der Waals surface area (Å²) in [4.78, 5) is 30.0. The Balaban J connectivity index is 1.46. The van der Waals surface area contributed by atoms with E-state index in [9.17, 15) is 9.59 Å². The Morgan fingerprint density at radius 1 is 1.13 bits per heavy atom. The Hall–Kier alpha value is -3.84. The highest BCUT2D eigenvalue weighted by atomic mass is 35.5. The van der Waals surface area contributed by atoms with Gasteiger partial charge in [-0.05, 0) is 61.0 Å². The number of amides is 1. The first-order chi connectivity index (χ1) is 15.0. The Labute approximate surface area is 181 Å². The van der Waals surface area contributed by atoms with Gasteiger partial charge in [0.1, 0.15) is 11.3 Å². The summed E-state index contributed by atoms with van der Waals surface area (Å²) in [5, 5.41) is 3.33. The fraction of sp³-hybridized carbons (Fsp3) is 0.0870. The molecule has 8 heteroatoms.